The van der Waals surface area contributed by atoms with E-state index in [1.165, 1.54) is 0 Å². The van der Waals surface area contributed by atoms with Crippen molar-refractivity contribution in [3.05, 3.63) is 29.8 Å². The van der Waals surface area contributed by atoms with Crippen LogP contribution in [0.4, 0.5) is 10.5 Å². The van der Waals surface area contributed by atoms with Crippen LogP contribution < -0.4 is 16.4 Å². The second-order valence-corrected chi connectivity index (χ2v) is 3.38. The molecular formula is C11H12N4O2. The van der Waals surface area contributed by atoms with Crippen LogP contribution in [0.25, 0.3) is 0 Å². The van der Waals surface area contributed by atoms with E-state index in [2.05, 4.69) is 5.32 Å². The zero-order valence-electron chi connectivity index (χ0n) is 9.23. The molecule has 0 heterocycles. The fraction of sp³-hybridized carbons (Fsp3) is 0.182. The number of amides is 3. The molecule has 0 aliphatic heterocycles. The Balaban J connectivity index is 2.74. The van der Waals surface area contributed by atoms with Crippen molar-refractivity contribution in [1.82, 2.24) is 5.32 Å². The molecule has 0 radical (unpaired) electrons. The first kappa shape index (κ1) is 12.5. The van der Waals surface area contributed by atoms with Crippen molar-refractivity contribution in [3.63, 3.8) is 0 Å². The van der Waals surface area contributed by atoms with E-state index in [0.717, 1.165) is 0 Å². The molecular weight excluding hydrogens is 220 g/mol. The monoisotopic (exact) mass is 232 g/mol. The molecule has 0 aromatic heterocycles. The fourth-order valence-electron chi connectivity index (χ4n) is 1.23. The minimum atomic E-state index is -0.905. The van der Waals surface area contributed by atoms with E-state index in [1.54, 1.807) is 31.2 Å². The van der Waals surface area contributed by atoms with E-state index in [-0.39, 0.29) is 0 Å². The number of para-hydroxylation sites is 1. The van der Waals surface area contributed by atoms with Gasteiger partial charge in [0.1, 0.15) is 12.1 Å². The van der Waals surface area contributed by atoms with Crippen LogP contribution in [0.2, 0.25) is 0 Å². The number of primary amides is 1. The summed E-state index contributed by atoms with van der Waals surface area (Å²) in [5.41, 5.74) is 5.78. The number of urea groups is 1. The number of nitrogens with one attached hydrogen (secondary N) is 2. The minimum absolute atomic E-state index is 0.422. The summed E-state index contributed by atoms with van der Waals surface area (Å²) in [5.74, 6) is -0.551. The largest absolute Gasteiger partial charge is 0.373 e. The van der Waals surface area contributed by atoms with Gasteiger partial charge in [0.05, 0.1) is 11.3 Å². The Morgan fingerprint density at radius 2 is 2.06 bits per heavy atom. The normalized spacial score (nSPS) is 11.1. The number of carbonyl (C=O) groups excluding carboxylic acids is 2. The van der Waals surface area contributed by atoms with Gasteiger partial charge in [-0.25, -0.2) is 4.79 Å². The average molecular weight is 232 g/mol. The van der Waals surface area contributed by atoms with Gasteiger partial charge >= 0.3 is 6.03 Å². The molecule has 0 saturated carbocycles. The van der Waals surface area contributed by atoms with E-state index in [1.807, 2.05) is 11.4 Å². The number of nitriles is 1. The maximum absolute atomic E-state index is 11.4. The first-order valence-electron chi connectivity index (χ1n) is 4.90. The molecule has 4 N–H and O–H groups in total. The molecule has 0 fully saturated rings. The highest BCUT2D eigenvalue weighted by Crippen LogP contribution is 2.14. The summed E-state index contributed by atoms with van der Waals surface area (Å²) >= 11 is 0. The molecule has 0 bridgehead atoms. The van der Waals surface area contributed by atoms with Crippen LogP contribution in [0.15, 0.2) is 24.3 Å². The summed E-state index contributed by atoms with van der Waals surface area (Å²) in [5, 5.41) is 13.6. The molecule has 1 aromatic carbocycles. The topological polar surface area (TPSA) is 108 Å². The summed E-state index contributed by atoms with van der Waals surface area (Å²) in [6, 6.07) is 7.18. The maximum atomic E-state index is 11.4. The van der Waals surface area contributed by atoms with Crippen LogP contribution >= 0.6 is 0 Å². The predicted octanol–water partition coefficient (Wildman–Crippen LogP) is 0.554. The van der Waals surface area contributed by atoms with Crippen LogP contribution in [0.5, 0.6) is 0 Å². The third kappa shape index (κ3) is 3.50. The van der Waals surface area contributed by atoms with Gasteiger partial charge < -0.3 is 11.1 Å². The van der Waals surface area contributed by atoms with E-state index in [4.69, 9.17) is 11.0 Å². The van der Waals surface area contributed by atoms with Crippen LogP contribution in [-0.4, -0.2) is 18.0 Å². The van der Waals surface area contributed by atoms with E-state index < -0.39 is 18.0 Å². The number of benzene rings is 1. The number of rotatable bonds is 3. The smallest absolute Gasteiger partial charge is 0.318 e. The minimum Gasteiger partial charge on any atom is -0.373 e. The highest BCUT2D eigenvalue weighted by Gasteiger charge is 2.15. The predicted molar refractivity (Wildman–Crippen MR) is 62.0 cm³/mol. The molecule has 0 aliphatic carbocycles. The van der Waals surface area contributed by atoms with Gasteiger partial charge in [-0.1, -0.05) is 12.1 Å². The van der Waals surface area contributed by atoms with Crippen LogP contribution in [0, 0.1) is 11.3 Å². The number of nitrogens with two attached hydrogens (primary N) is 1. The zero-order valence-corrected chi connectivity index (χ0v) is 9.23. The number of anilines is 1. The van der Waals surface area contributed by atoms with Gasteiger partial charge in [-0.2, -0.15) is 5.26 Å². The second-order valence-electron chi connectivity index (χ2n) is 3.38. The lowest BCUT2D eigenvalue weighted by molar-refractivity contribution is -0.120. The highest BCUT2D eigenvalue weighted by molar-refractivity contribution is 5.97. The molecule has 1 atom stereocenters. The number of hydrogen-bond acceptors (Lipinski definition) is 4. The van der Waals surface area contributed by atoms with Crippen molar-refractivity contribution in [2.45, 2.75) is 13.0 Å². The van der Waals surface area contributed by atoms with Gasteiger partial charge in [-0.05, 0) is 19.1 Å². The lowest BCUT2D eigenvalue weighted by Gasteiger charge is -2.14. The standard InChI is InChI=1S/C11H12N4O2/c1-7(10(16)15-11(13)17)14-9-5-3-2-4-8(9)6-12/h2-5,7,14H,1H3,(H3,13,15,16,17). The molecule has 0 spiro atoms. The van der Waals surface area contributed by atoms with E-state index in [9.17, 15) is 9.59 Å². The summed E-state index contributed by atoms with van der Waals surface area (Å²) in [6.07, 6.45) is 0. The third-order valence-electron chi connectivity index (χ3n) is 2.06. The summed E-state index contributed by atoms with van der Waals surface area (Å²) in [7, 11) is 0. The SMILES string of the molecule is CC(Nc1ccccc1C#N)C(=O)NC(N)=O. The Morgan fingerprint density at radius 1 is 1.41 bits per heavy atom. The van der Waals surface area contributed by atoms with Crippen molar-refractivity contribution in [2.24, 2.45) is 5.73 Å². The zero-order chi connectivity index (χ0) is 12.8. The van der Waals surface area contributed by atoms with E-state index >= 15 is 0 Å². The molecule has 1 rings (SSSR count). The van der Waals surface area contributed by atoms with Crippen molar-refractivity contribution in [3.8, 4) is 6.07 Å². The van der Waals surface area contributed by atoms with Crippen LogP contribution in [0.3, 0.4) is 0 Å². The molecule has 0 aliphatic rings. The Kier molecular flexibility index (Phi) is 4.06. The molecule has 0 saturated heterocycles. The quantitative estimate of drug-likeness (QED) is 0.707. The van der Waals surface area contributed by atoms with E-state index in [0.29, 0.717) is 11.3 Å². The van der Waals surface area contributed by atoms with Crippen LogP contribution in [-0.2, 0) is 4.79 Å². The van der Waals surface area contributed by atoms with Gasteiger partial charge in [0, 0.05) is 0 Å². The second kappa shape index (κ2) is 5.51. The lowest BCUT2D eigenvalue weighted by atomic mass is 10.2. The molecule has 6 heteroatoms. The Hall–Kier alpha value is -2.55. The maximum Gasteiger partial charge on any atom is 0.318 e. The lowest BCUT2D eigenvalue weighted by Crippen LogP contribution is -2.43. The highest BCUT2D eigenvalue weighted by atomic mass is 16.2. The average Bonchev–Trinajstić information content (AvgIpc) is 2.28. The number of hydrogen-bond donors (Lipinski definition) is 3. The Labute approximate surface area is 98.4 Å². The van der Waals surface area contributed by atoms with Gasteiger partial charge in [-0.3, -0.25) is 10.1 Å². The van der Waals surface area contributed by atoms with Gasteiger partial charge in [0.25, 0.3) is 0 Å². The molecule has 6 nitrogen and oxygen atoms in total. The molecule has 1 aromatic rings. The summed E-state index contributed by atoms with van der Waals surface area (Å²) < 4.78 is 0. The number of imide groups is 1. The number of nitrogens with zero attached hydrogens (tertiary/aromatic N) is 1. The Bertz CT molecular complexity index is 479. The van der Waals surface area contributed by atoms with Gasteiger partial charge in [-0.15, -0.1) is 0 Å². The van der Waals surface area contributed by atoms with Crippen molar-refractivity contribution in [1.29, 1.82) is 5.26 Å². The molecule has 88 valence electrons. The first-order valence-corrected chi connectivity index (χ1v) is 4.90. The van der Waals surface area contributed by atoms with Crippen molar-refractivity contribution >= 4 is 17.6 Å². The summed E-state index contributed by atoms with van der Waals surface area (Å²) in [6.45, 7) is 1.56. The first-order chi connectivity index (χ1) is 8.04. The fourth-order valence-corrected chi connectivity index (χ4v) is 1.23. The molecule has 1 unspecified atom stereocenters. The molecule has 17 heavy (non-hydrogen) atoms. The van der Waals surface area contributed by atoms with Crippen LogP contribution in [0.1, 0.15) is 12.5 Å². The summed E-state index contributed by atoms with van der Waals surface area (Å²) in [4.78, 5) is 21.9. The van der Waals surface area contributed by atoms with Crippen molar-refractivity contribution < 1.29 is 9.59 Å². The van der Waals surface area contributed by atoms with Gasteiger partial charge in [0.15, 0.2) is 0 Å². The van der Waals surface area contributed by atoms with Crippen molar-refractivity contribution in [2.75, 3.05) is 5.32 Å². The third-order valence-corrected chi connectivity index (χ3v) is 2.06. The number of carbonyl (C=O) groups is 2. The molecule has 3 amide bonds. The Morgan fingerprint density at radius 3 is 2.65 bits per heavy atom. The van der Waals surface area contributed by atoms with Gasteiger partial charge in [0.2, 0.25) is 5.91 Å².